The van der Waals surface area contributed by atoms with E-state index in [9.17, 15) is 13.2 Å². The maximum atomic E-state index is 12.6. The molecule has 1 atom stereocenters. The number of carbonyl (C=O) groups is 1. The SMILES string of the molecule is COc1ccc(S(=O)(=O)N[C@H](C)C(=O)N2CCC(C)CC2)cc1OC. The number of likely N-dealkylation sites (tertiary alicyclic amines) is 1. The zero-order chi connectivity index (χ0) is 18.6. The molecule has 0 bridgehead atoms. The summed E-state index contributed by atoms with van der Waals surface area (Å²) in [7, 11) is -0.932. The van der Waals surface area contributed by atoms with Crippen LogP contribution in [0, 0.1) is 5.92 Å². The second-order valence-corrected chi connectivity index (χ2v) is 8.08. The van der Waals surface area contributed by atoms with Crippen LogP contribution >= 0.6 is 0 Å². The molecule has 0 saturated carbocycles. The van der Waals surface area contributed by atoms with Gasteiger partial charge in [0.2, 0.25) is 15.9 Å². The van der Waals surface area contributed by atoms with Crippen molar-refractivity contribution in [2.45, 2.75) is 37.6 Å². The number of carbonyl (C=O) groups excluding carboxylic acids is 1. The van der Waals surface area contributed by atoms with E-state index in [-0.39, 0.29) is 10.8 Å². The number of rotatable bonds is 6. The van der Waals surface area contributed by atoms with Gasteiger partial charge in [0.1, 0.15) is 0 Å². The van der Waals surface area contributed by atoms with E-state index in [1.165, 1.54) is 32.4 Å². The molecule has 1 amide bonds. The van der Waals surface area contributed by atoms with Gasteiger partial charge in [0.15, 0.2) is 11.5 Å². The molecule has 1 saturated heterocycles. The summed E-state index contributed by atoms with van der Waals surface area (Å²) < 4.78 is 37.8. The summed E-state index contributed by atoms with van der Waals surface area (Å²) in [5, 5.41) is 0. The summed E-state index contributed by atoms with van der Waals surface area (Å²) in [5.74, 6) is 1.15. The maximum absolute atomic E-state index is 12.6. The molecule has 7 nitrogen and oxygen atoms in total. The minimum atomic E-state index is -3.84. The molecule has 1 heterocycles. The molecule has 25 heavy (non-hydrogen) atoms. The Morgan fingerprint density at radius 3 is 2.36 bits per heavy atom. The third-order valence-corrected chi connectivity index (χ3v) is 6.00. The first-order valence-corrected chi connectivity index (χ1v) is 9.80. The molecule has 0 aliphatic carbocycles. The minimum Gasteiger partial charge on any atom is -0.493 e. The Bertz CT molecular complexity index is 712. The highest BCUT2D eigenvalue weighted by atomic mass is 32.2. The molecule has 1 fully saturated rings. The third-order valence-electron chi connectivity index (χ3n) is 4.46. The van der Waals surface area contributed by atoms with Crippen LogP contribution in [0.3, 0.4) is 0 Å². The van der Waals surface area contributed by atoms with Crippen molar-refractivity contribution in [3.05, 3.63) is 18.2 Å². The molecule has 0 aromatic heterocycles. The summed E-state index contributed by atoms with van der Waals surface area (Å²) in [6, 6.07) is 3.49. The predicted molar refractivity (Wildman–Crippen MR) is 94.3 cm³/mol. The number of nitrogens with one attached hydrogen (secondary N) is 1. The first-order chi connectivity index (χ1) is 11.8. The Morgan fingerprint density at radius 1 is 1.20 bits per heavy atom. The monoisotopic (exact) mass is 370 g/mol. The van der Waals surface area contributed by atoms with Crippen LogP contribution < -0.4 is 14.2 Å². The average molecular weight is 370 g/mol. The van der Waals surface area contributed by atoms with Gasteiger partial charge in [-0.25, -0.2) is 8.42 Å². The standard InChI is InChI=1S/C17H26N2O5S/c1-12-7-9-19(10-8-12)17(20)13(2)18-25(21,22)14-5-6-15(23-3)16(11-14)24-4/h5-6,11-13,18H,7-10H2,1-4H3/t13-/m1/s1. The van der Waals surface area contributed by atoms with Gasteiger partial charge in [0.05, 0.1) is 25.2 Å². The summed E-state index contributed by atoms with van der Waals surface area (Å²) in [6.45, 7) is 5.06. The molecule has 140 valence electrons. The van der Waals surface area contributed by atoms with Crippen LogP contribution in [0.1, 0.15) is 26.7 Å². The van der Waals surface area contributed by atoms with Gasteiger partial charge < -0.3 is 14.4 Å². The number of nitrogens with zero attached hydrogens (tertiary/aromatic N) is 1. The summed E-state index contributed by atoms with van der Waals surface area (Å²) >= 11 is 0. The van der Waals surface area contributed by atoms with Gasteiger partial charge in [-0.2, -0.15) is 4.72 Å². The van der Waals surface area contributed by atoms with Gasteiger partial charge >= 0.3 is 0 Å². The van der Waals surface area contributed by atoms with Gasteiger partial charge in [-0.1, -0.05) is 6.92 Å². The smallest absolute Gasteiger partial charge is 0.241 e. The van der Waals surface area contributed by atoms with Crippen molar-refractivity contribution >= 4 is 15.9 Å². The van der Waals surface area contributed by atoms with Crippen molar-refractivity contribution in [2.24, 2.45) is 5.92 Å². The van der Waals surface area contributed by atoms with Crippen molar-refractivity contribution in [1.29, 1.82) is 0 Å². The minimum absolute atomic E-state index is 0.0251. The van der Waals surface area contributed by atoms with Gasteiger partial charge in [0.25, 0.3) is 0 Å². The second kappa shape index (κ2) is 8.05. The van der Waals surface area contributed by atoms with E-state index in [4.69, 9.17) is 9.47 Å². The van der Waals surface area contributed by atoms with E-state index in [0.29, 0.717) is 30.5 Å². The molecular weight excluding hydrogens is 344 g/mol. The summed E-state index contributed by atoms with van der Waals surface area (Å²) in [4.78, 5) is 14.2. The first-order valence-electron chi connectivity index (χ1n) is 8.31. The zero-order valence-corrected chi connectivity index (χ0v) is 15.9. The van der Waals surface area contributed by atoms with Crippen molar-refractivity contribution in [2.75, 3.05) is 27.3 Å². The number of methoxy groups -OCH3 is 2. The third kappa shape index (κ3) is 4.64. The van der Waals surface area contributed by atoms with E-state index < -0.39 is 16.1 Å². The fraction of sp³-hybridized carbons (Fsp3) is 0.588. The zero-order valence-electron chi connectivity index (χ0n) is 15.1. The molecule has 1 N–H and O–H groups in total. The molecule has 1 aliphatic heterocycles. The molecular formula is C17H26N2O5S. The lowest BCUT2D eigenvalue weighted by atomic mass is 9.99. The largest absolute Gasteiger partial charge is 0.493 e. The summed E-state index contributed by atoms with van der Waals surface area (Å²) in [5.41, 5.74) is 0. The van der Waals surface area contributed by atoms with E-state index in [1.54, 1.807) is 11.8 Å². The maximum Gasteiger partial charge on any atom is 0.241 e. The number of amides is 1. The molecule has 8 heteroatoms. The number of sulfonamides is 1. The highest BCUT2D eigenvalue weighted by Gasteiger charge is 2.28. The first kappa shape index (κ1) is 19.5. The molecule has 1 aliphatic rings. The average Bonchev–Trinajstić information content (AvgIpc) is 2.60. The van der Waals surface area contributed by atoms with Crippen molar-refractivity contribution < 1.29 is 22.7 Å². The lowest BCUT2D eigenvalue weighted by molar-refractivity contribution is -0.133. The number of ether oxygens (including phenoxy) is 2. The number of hydrogen-bond donors (Lipinski definition) is 1. The van der Waals surface area contributed by atoms with Crippen LogP contribution in [0.4, 0.5) is 0 Å². The normalized spacial score (nSPS) is 17.2. The predicted octanol–water partition coefficient (Wildman–Crippen LogP) is 1.63. The van der Waals surface area contributed by atoms with E-state index in [1.807, 2.05) is 0 Å². The van der Waals surface area contributed by atoms with Crippen LogP contribution in [0.2, 0.25) is 0 Å². The van der Waals surface area contributed by atoms with Crippen molar-refractivity contribution in [1.82, 2.24) is 9.62 Å². The second-order valence-electron chi connectivity index (χ2n) is 6.37. The fourth-order valence-electron chi connectivity index (χ4n) is 2.84. The molecule has 1 aromatic rings. The van der Waals surface area contributed by atoms with Gasteiger partial charge in [-0.05, 0) is 37.8 Å². The molecule has 0 spiro atoms. The highest BCUT2D eigenvalue weighted by Crippen LogP contribution is 2.29. The van der Waals surface area contributed by atoms with Crippen LogP contribution in [0.5, 0.6) is 11.5 Å². The van der Waals surface area contributed by atoms with Gasteiger partial charge in [0, 0.05) is 19.2 Å². The number of hydrogen-bond acceptors (Lipinski definition) is 5. The Morgan fingerprint density at radius 2 is 1.80 bits per heavy atom. The Kier molecular flexibility index (Phi) is 6.29. The van der Waals surface area contributed by atoms with Gasteiger partial charge in [-0.15, -0.1) is 0 Å². The van der Waals surface area contributed by atoms with Crippen molar-refractivity contribution in [3.63, 3.8) is 0 Å². The van der Waals surface area contributed by atoms with E-state index >= 15 is 0 Å². The van der Waals surface area contributed by atoms with E-state index in [0.717, 1.165) is 12.8 Å². The molecule has 0 radical (unpaired) electrons. The summed E-state index contributed by atoms with van der Waals surface area (Å²) in [6.07, 6.45) is 1.89. The lowest BCUT2D eigenvalue weighted by Crippen LogP contribution is -2.49. The molecule has 2 rings (SSSR count). The van der Waals surface area contributed by atoms with Crippen LogP contribution in [-0.4, -0.2) is 52.6 Å². The Hall–Kier alpha value is -1.80. The Balaban J connectivity index is 2.11. The number of benzene rings is 1. The number of piperidine rings is 1. The topological polar surface area (TPSA) is 84.9 Å². The highest BCUT2D eigenvalue weighted by molar-refractivity contribution is 7.89. The van der Waals surface area contributed by atoms with Crippen LogP contribution in [0.25, 0.3) is 0 Å². The van der Waals surface area contributed by atoms with Crippen molar-refractivity contribution in [3.8, 4) is 11.5 Å². The van der Waals surface area contributed by atoms with E-state index in [2.05, 4.69) is 11.6 Å². The quantitative estimate of drug-likeness (QED) is 0.823. The van der Waals surface area contributed by atoms with Crippen LogP contribution in [0.15, 0.2) is 23.1 Å². The molecule has 1 aromatic carbocycles. The Labute approximate surface area is 149 Å². The lowest BCUT2D eigenvalue weighted by Gasteiger charge is -2.32. The fourth-order valence-corrected chi connectivity index (χ4v) is 4.05. The van der Waals surface area contributed by atoms with Gasteiger partial charge in [-0.3, -0.25) is 4.79 Å². The molecule has 0 unspecified atom stereocenters. The van der Waals surface area contributed by atoms with Crippen LogP contribution in [-0.2, 0) is 14.8 Å².